The highest BCUT2D eigenvalue weighted by molar-refractivity contribution is 8.00. The fourth-order valence-corrected chi connectivity index (χ4v) is 3.91. The lowest BCUT2D eigenvalue weighted by atomic mass is 9.82. The van der Waals surface area contributed by atoms with E-state index in [1.807, 2.05) is 6.08 Å². The van der Waals surface area contributed by atoms with E-state index < -0.39 is 17.8 Å². The van der Waals surface area contributed by atoms with Gasteiger partial charge in [-0.3, -0.25) is 14.4 Å². The maximum atomic E-state index is 12.9. The molecule has 2 aromatic carbocycles. The average molecular weight is 413 g/mol. The third kappa shape index (κ3) is 5.54. The van der Waals surface area contributed by atoms with Crippen molar-refractivity contribution >= 4 is 35.1 Å². The molecule has 2 N–H and O–H groups in total. The molecule has 0 bridgehead atoms. The van der Waals surface area contributed by atoms with Crippen LogP contribution in [0.15, 0.2) is 65.6 Å². The fourth-order valence-electron chi connectivity index (χ4n) is 3.11. The van der Waals surface area contributed by atoms with Crippen molar-refractivity contribution in [2.24, 2.45) is 11.8 Å². The molecule has 29 heavy (non-hydrogen) atoms. The van der Waals surface area contributed by atoms with Gasteiger partial charge in [0.1, 0.15) is 5.82 Å². The van der Waals surface area contributed by atoms with Crippen molar-refractivity contribution in [3.05, 3.63) is 72.1 Å². The Balaban J connectivity index is 1.55. The van der Waals surface area contributed by atoms with Crippen molar-refractivity contribution in [2.75, 3.05) is 11.1 Å². The molecule has 0 radical (unpaired) electrons. The lowest BCUT2D eigenvalue weighted by molar-refractivity contribution is -0.146. The Hall–Kier alpha value is -2.93. The SMILES string of the molecule is O=C(CSc1ccc(NC(=O)C2CC=CCC2C(=O)O)cc1)c1ccc(F)cc1. The minimum absolute atomic E-state index is 0.0996. The number of aliphatic carboxylic acids is 1. The van der Waals surface area contributed by atoms with Gasteiger partial charge in [0, 0.05) is 16.1 Å². The number of hydrogen-bond acceptors (Lipinski definition) is 4. The van der Waals surface area contributed by atoms with Gasteiger partial charge in [0.05, 0.1) is 17.6 Å². The van der Waals surface area contributed by atoms with Crippen molar-refractivity contribution in [1.82, 2.24) is 0 Å². The van der Waals surface area contributed by atoms with E-state index in [0.29, 0.717) is 24.1 Å². The molecule has 7 heteroatoms. The van der Waals surface area contributed by atoms with E-state index in [0.717, 1.165) is 4.90 Å². The van der Waals surface area contributed by atoms with Crippen LogP contribution in [0.25, 0.3) is 0 Å². The first-order chi connectivity index (χ1) is 13.9. The van der Waals surface area contributed by atoms with Gasteiger partial charge in [-0.1, -0.05) is 12.2 Å². The highest BCUT2D eigenvalue weighted by Gasteiger charge is 2.33. The number of anilines is 1. The van der Waals surface area contributed by atoms with Gasteiger partial charge in [0.25, 0.3) is 0 Å². The van der Waals surface area contributed by atoms with Gasteiger partial charge >= 0.3 is 5.97 Å². The van der Waals surface area contributed by atoms with Crippen molar-refractivity contribution < 1.29 is 23.9 Å². The molecule has 1 amide bonds. The molecule has 0 aliphatic heterocycles. The molecular weight excluding hydrogens is 393 g/mol. The fraction of sp³-hybridized carbons (Fsp3) is 0.227. The third-order valence-corrected chi connectivity index (χ3v) is 5.76. The summed E-state index contributed by atoms with van der Waals surface area (Å²) in [5.41, 5.74) is 1.03. The summed E-state index contributed by atoms with van der Waals surface area (Å²) in [5.74, 6) is -2.86. The molecule has 0 saturated carbocycles. The first kappa shape index (κ1) is 20.8. The second kappa shape index (κ2) is 9.52. The molecule has 0 fully saturated rings. The number of benzene rings is 2. The van der Waals surface area contributed by atoms with E-state index in [1.54, 1.807) is 30.3 Å². The van der Waals surface area contributed by atoms with E-state index >= 15 is 0 Å². The minimum atomic E-state index is -0.966. The molecule has 0 aromatic heterocycles. The number of thioether (sulfide) groups is 1. The molecular formula is C22H20FNO4S. The summed E-state index contributed by atoms with van der Waals surface area (Å²) in [6.07, 6.45) is 4.39. The summed E-state index contributed by atoms with van der Waals surface area (Å²) >= 11 is 1.34. The summed E-state index contributed by atoms with van der Waals surface area (Å²) in [6.45, 7) is 0. The molecule has 2 atom stereocenters. The first-order valence-electron chi connectivity index (χ1n) is 9.14. The van der Waals surface area contributed by atoms with Gasteiger partial charge in [-0.2, -0.15) is 0 Å². The number of rotatable bonds is 7. The van der Waals surface area contributed by atoms with Gasteiger partial charge in [0.15, 0.2) is 5.78 Å². The van der Waals surface area contributed by atoms with Gasteiger partial charge in [0.2, 0.25) is 5.91 Å². The van der Waals surface area contributed by atoms with Gasteiger partial charge in [-0.25, -0.2) is 4.39 Å². The normalized spacial score (nSPS) is 18.2. The lowest BCUT2D eigenvalue weighted by Crippen LogP contribution is -2.34. The van der Waals surface area contributed by atoms with Gasteiger partial charge < -0.3 is 10.4 Å². The average Bonchev–Trinajstić information content (AvgIpc) is 2.73. The summed E-state index contributed by atoms with van der Waals surface area (Å²) < 4.78 is 12.9. The smallest absolute Gasteiger partial charge is 0.307 e. The zero-order valence-electron chi connectivity index (χ0n) is 15.5. The maximum Gasteiger partial charge on any atom is 0.307 e. The van der Waals surface area contributed by atoms with Crippen LogP contribution in [0.2, 0.25) is 0 Å². The standard InChI is InChI=1S/C22H20FNO4S/c23-15-7-5-14(6-8-15)20(25)13-29-17-11-9-16(10-12-17)24-21(26)18-3-1-2-4-19(18)22(27)28/h1-2,5-12,18-19H,3-4,13H2,(H,24,26)(H,27,28). The highest BCUT2D eigenvalue weighted by atomic mass is 32.2. The monoisotopic (exact) mass is 413 g/mol. The number of nitrogens with one attached hydrogen (secondary N) is 1. The van der Waals surface area contributed by atoms with Crippen LogP contribution in [0.3, 0.4) is 0 Å². The van der Waals surface area contributed by atoms with Crippen LogP contribution in [0.5, 0.6) is 0 Å². The zero-order valence-corrected chi connectivity index (χ0v) is 16.3. The molecule has 0 heterocycles. The summed E-state index contributed by atoms with van der Waals surface area (Å²) in [7, 11) is 0. The largest absolute Gasteiger partial charge is 0.481 e. The Bertz CT molecular complexity index is 925. The van der Waals surface area contributed by atoms with Crippen LogP contribution >= 0.6 is 11.8 Å². The molecule has 0 spiro atoms. The number of ketones is 1. The van der Waals surface area contributed by atoms with Crippen molar-refractivity contribution in [1.29, 1.82) is 0 Å². The number of Topliss-reactive ketones (excluding diaryl/α,β-unsaturated/α-hetero) is 1. The Morgan fingerprint density at radius 1 is 0.966 bits per heavy atom. The second-order valence-corrected chi connectivity index (χ2v) is 7.78. The predicted octanol–water partition coefficient (Wildman–Crippen LogP) is 4.41. The van der Waals surface area contributed by atoms with Crippen LogP contribution in [0.1, 0.15) is 23.2 Å². The Kier molecular flexibility index (Phi) is 6.82. The number of allylic oxidation sites excluding steroid dienone is 2. The summed E-state index contributed by atoms with van der Waals surface area (Å²) in [4.78, 5) is 36.8. The second-order valence-electron chi connectivity index (χ2n) is 6.73. The lowest BCUT2D eigenvalue weighted by Gasteiger charge is -2.24. The Morgan fingerprint density at radius 2 is 1.59 bits per heavy atom. The van der Waals surface area contributed by atoms with Crippen molar-refractivity contribution in [3.63, 3.8) is 0 Å². The van der Waals surface area contributed by atoms with Crippen LogP contribution in [0.4, 0.5) is 10.1 Å². The molecule has 2 aromatic rings. The molecule has 1 aliphatic carbocycles. The quantitative estimate of drug-likeness (QED) is 0.399. The van der Waals surface area contributed by atoms with E-state index in [1.165, 1.54) is 36.0 Å². The number of carbonyl (C=O) groups is 3. The van der Waals surface area contributed by atoms with E-state index in [4.69, 9.17) is 0 Å². The number of halogens is 1. The number of hydrogen-bond donors (Lipinski definition) is 2. The minimum Gasteiger partial charge on any atom is -0.481 e. The van der Waals surface area contributed by atoms with Gasteiger partial charge in [-0.05, 0) is 61.4 Å². The maximum absolute atomic E-state index is 12.9. The first-order valence-corrected chi connectivity index (χ1v) is 10.1. The molecule has 2 unspecified atom stereocenters. The van der Waals surface area contributed by atoms with E-state index in [-0.39, 0.29) is 23.3 Å². The topological polar surface area (TPSA) is 83.5 Å². The summed E-state index contributed by atoms with van der Waals surface area (Å²) in [5, 5.41) is 12.1. The van der Waals surface area contributed by atoms with E-state index in [2.05, 4.69) is 5.32 Å². The summed E-state index contributed by atoms with van der Waals surface area (Å²) in [6, 6.07) is 12.4. The van der Waals surface area contributed by atoms with Crippen LogP contribution in [0, 0.1) is 17.7 Å². The van der Waals surface area contributed by atoms with E-state index in [9.17, 15) is 23.9 Å². The number of carboxylic acids is 1. The van der Waals surface area contributed by atoms with Crippen LogP contribution in [-0.4, -0.2) is 28.5 Å². The van der Waals surface area contributed by atoms with Crippen LogP contribution in [-0.2, 0) is 9.59 Å². The van der Waals surface area contributed by atoms with Crippen molar-refractivity contribution in [3.8, 4) is 0 Å². The number of carboxylic acid groups (broad SMARTS) is 1. The zero-order chi connectivity index (χ0) is 20.8. The number of carbonyl (C=O) groups excluding carboxylic acids is 2. The Morgan fingerprint density at radius 3 is 2.21 bits per heavy atom. The molecule has 3 rings (SSSR count). The molecule has 150 valence electrons. The number of amides is 1. The predicted molar refractivity (Wildman–Crippen MR) is 110 cm³/mol. The molecule has 5 nitrogen and oxygen atoms in total. The van der Waals surface area contributed by atoms with Gasteiger partial charge in [-0.15, -0.1) is 11.8 Å². The Labute approximate surface area is 172 Å². The molecule has 1 aliphatic rings. The third-order valence-electron chi connectivity index (χ3n) is 4.74. The molecule has 0 saturated heterocycles. The van der Waals surface area contributed by atoms with Crippen molar-refractivity contribution in [2.45, 2.75) is 17.7 Å². The highest BCUT2D eigenvalue weighted by Crippen LogP contribution is 2.28. The van der Waals surface area contributed by atoms with Crippen LogP contribution < -0.4 is 5.32 Å².